The number of amidine groups is 1. The van der Waals surface area contributed by atoms with E-state index in [1.807, 2.05) is 24.3 Å². The molecule has 2 amide bonds. The van der Waals surface area contributed by atoms with Crippen LogP contribution in [0.15, 0.2) is 58.6 Å². The molecule has 204 valence electrons. The molecule has 0 aliphatic carbocycles. The molecular weight excluding hydrogens is 516 g/mol. The third kappa shape index (κ3) is 5.71. The molecule has 0 unspecified atom stereocenters. The van der Waals surface area contributed by atoms with Crippen LogP contribution in [-0.4, -0.2) is 68.6 Å². The number of carboxylic acids is 1. The minimum atomic E-state index is -1.00. The van der Waals surface area contributed by atoms with Crippen molar-refractivity contribution in [1.29, 1.82) is 0 Å². The van der Waals surface area contributed by atoms with Crippen molar-refractivity contribution in [1.82, 2.24) is 9.91 Å². The second kappa shape index (κ2) is 11.6. The fourth-order valence-corrected chi connectivity index (χ4v) is 6.30. The minimum absolute atomic E-state index is 0.0843. The molecule has 39 heavy (non-hydrogen) atoms. The summed E-state index contributed by atoms with van der Waals surface area (Å²) in [4.78, 5) is 43.4. The number of ether oxygens (including phenoxy) is 1. The van der Waals surface area contributed by atoms with E-state index in [-0.39, 0.29) is 24.3 Å². The van der Waals surface area contributed by atoms with Crippen molar-refractivity contribution in [3.63, 3.8) is 0 Å². The largest absolute Gasteiger partial charge is 0.497 e. The Morgan fingerprint density at radius 3 is 2.51 bits per heavy atom. The highest BCUT2D eigenvalue weighted by molar-refractivity contribution is 8.15. The van der Waals surface area contributed by atoms with E-state index >= 15 is 0 Å². The van der Waals surface area contributed by atoms with Crippen LogP contribution in [0.3, 0.4) is 0 Å². The number of aryl methyl sites for hydroxylation is 1. The number of rotatable bonds is 7. The zero-order chi connectivity index (χ0) is 27.5. The standard InChI is InChI=1S/C29H32N4O5S/c1-3-18-7-9-20(10-8-18)24-16-22(19-11-13-21(38-2)14-12-19)31-33(24)29-30-27(35)25(39-29)17-26(34)32-15-5-4-6-23(32)28(36)37/h7-14,23-25H,3-6,15-17H2,1-2H3,(H,36,37)/t23-,24+,25-/m1/s1. The zero-order valence-electron chi connectivity index (χ0n) is 22.1. The third-order valence-corrected chi connectivity index (χ3v) is 8.64. The van der Waals surface area contributed by atoms with Crippen molar-refractivity contribution < 1.29 is 24.2 Å². The van der Waals surface area contributed by atoms with Gasteiger partial charge in [0.25, 0.3) is 5.91 Å². The van der Waals surface area contributed by atoms with Crippen molar-refractivity contribution in [2.24, 2.45) is 10.1 Å². The summed E-state index contributed by atoms with van der Waals surface area (Å²) in [6.45, 7) is 2.51. The van der Waals surface area contributed by atoms with E-state index in [1.165, 1.54) is 22.2 Å². The summed E-state index contributed by atoms with van der Waals surface area (Å²) in [6, 6.07) is 15.1. The molecule has 3 heterocycles. The van der Waals surface area contributed by atoms with Gasteiger partial charge in [-0.25, -0.2) is 9.80 Å². The highest BCUT2D eigenvalue weighted by Gasteiger charge is 2.41. The molecule has 10 heteroatoms. The number of hydrogen-bond donors (Lipinski definition) is 1. The van der Waals surface area contributed by atoms with Gasteiger partial charge in [0.1, 0.15) is 17.0 Å². The predicted molar refractivity (Wildman–Crippen MR) is 150 cm³/mol. The first-order valence-electron chi connectivity index (χ1n) is 13.3. The SMILES string of the molecule is CCc1ccc([C@@H]2CC(c3ccc(OC)cc3)=NN2C2=NC(=O)[C@@H](CC(=O)N3CCCC[C@@H]3C(=O)O)S2)cc1. The van der Waals surface area contributed by atoms with Crippen LogP contribution in [0.4, 0.5) is 0 Å². The number of likely N-dealkylation sites (tertiary alicyclic amines) is 1. The highest BCUT2D eigenvalue weighted by Crippen LogP contribution is 2.39. The average Bonchev–Trinajstić information content (AvgIpc) is 3.57. The molecule has 0 bridgehead atoms. The highest BCUT2D eigenvalue weighted by atomic mass is 32.2. The maximum Gasteiger partial charge on any atom is 0.326 e. The summed E-state index contributed by atoms with van der Waals surface area (Å²) in [6.07, 6.45) is 3.45. The van der Waals surface area contributed by atoms with Gasteiger partial charge < -0.3 is 14.7 Å². The molecule has 5 rings (SSSR count). The van der Waals surface area contributed by atoms with E-state index in [0.717, 1.165) is 41.9 Å². The monoisotopic (exact) mass is 548 g/mol. The van der Waals surface area contributed by atoms with E-state index < -0.39 is 17.3 Å². The number of benzene rings is 2. The number of piperidine rings is 1. The number of amides is 2. The van der Waals surface area contributed by atoms with Crippen LogP contribution < -0.4 is 4.74 Å². The van der Waals surface area contributed by atoms with Crippen LogP contribution in [0.5, 0.6) is 5.75 Å². The lowest BCUT2D eigenvalue weighted by Crippen LogP contribution is -2.48. The maximum atomic E-state index is 13.1. The van der Waals surface area contributed by atoms with Gasteiger partial charge in [0.05, 0.1) is 18.9 Å². The Morgan fingerprint density at radius 2 is 1.85 bits per heavy atom. The number of carbonyl (C=O) groups excluding carboxylic acids is 2. The van der Waals surface area contributed by atoms with Gasteiger partial charge >= 0.3 is 5.97 Å². The van der Waals surface area contributed by atoms with E-state index in [0.29, 0.717) is 24.6 Å². The molecule has 0 radical (unpaired) electrons. The molecule has 3 atom stereocenters. The Bertz CT molecular complexity index is 1310. The number of thioether (sulfide) groups is 1. The fourth-order valence-electron chi connectivity index (χ4n) is 5.25. The Hall–Kier alpha value is -3.66. The topological polar surface area (TPSA) is 112 Å². The lowest BCUT2D eigenvalue weighted by molar-refractivity contribution is -0.152. The van der Waals surface area contributed by atoms with E-state index in [9.17, 15) is 19.5 Å². The molecular formula is C29H32N4O5S. The Kier molecular flexibility index (Phi) is 8.02. The lowest BCUT2D eigenvalue weighted by Gasteiger charge is -2.33. The van der Waals surface area contributed by atoms with Crippen LogP contribution in [0.2, 0.25) is 0 Å². The molecule has 3 aliphatic rings. The molecule has 0 aromatic heterocycles. The van der Waals surface area contributed by atoms with Gasteiger partial charge in [-0.2, -0.15) is 10.1 Å². The molecule has 2 aromatic carbocycles. The summed E-state index contributed by atoms with van der Waals surface area (Å²) in [7, 11) is 1.63. The zero-order valence-corrected chi connectivity index (χ0v) is 22.9. The number of aliphatic carboxylic acids is 1. The summed E-state index contributed by atoms with van der Waals surface area (Å²) in [5, 5.41) is 16.0. The van der Waals surface area contributed by atoms with Gasteiger partial charge in [-0.3, -0.25) is 9.59 Å². The number of aliphatic imine (C=N–C) groups is 1. The molecule has 3 aliphatic heterocycles. The molecule has 9 nitrogen and oxygen atoms in total. The summed E-state index contributed by atoms with van der Waals surface area (Å²) in [5.74, 6) is -0.950. The van der Waals surface area contributed by atoms with Gasteiger partial charge in [-0.15, -0.1) is 0 Å². The van der Waals surface area contributed by atoms with Gasteiger partial charge in [-0.05, 0) is 66.6 Å². The predicted octanol–water partition coefficient (Wildman–Crippen LogP) is 4.26. The number of methoxy groups -OCH3 is 1. The molecule has 0 spiro atoms. The second-order valence-electron chi connectivity index (χ2n) is 9.92. The number of nitrogens with zero attached hydrogens (tertiary/aromatic N) is 4. The number of hydrazone groups is 1. The van der Waals surface area contributed by atoms with Crippen molar-refractivity contribution in [3.05, 3.63) is 65.2 Å². The number of carbonyl (C=O) groups is 3. The van der Waals surface area contributed by atoms with E-state index in [4.69, 9.17) is 9.84 Å². The fraction of sp³-hybridized carbons (Fsp3) is 0.414. The first kappa shape index (κ1) is 26.9. The lowest BCUT2D eigenvalue weighted by atomic mass is 9.97. The summed E-state index contributed by atoms with van der Waals surface area (Å²) in [5.41, 5.74) is 4.13. The van der Waals surface area contributed by atoms with Crippen molar-refractivity contribution >= 4 is 40.4 Å². The van der Waals surface area contributed by atoms with E-state index in [1.54, 1.807) is 12.1 Å². The van der Waals surface area contributed by atoms with E-state index in [2.05, 4.69) is 36.2 Å². The van der Waals surface area contributed by atoms with Crippen LogP contribution >= 0.6 is 11.8 Å². The first-order valence-corrected chi connectivity index (χ1v) is 14.2. The summed E-state index contributed by atoms with van der Waals surface area (Å²) < 4.78 is 5.29. The van der Waals surface area contributed by atoms with Crippen molar-refractivity contribution in [2.45, 2.75) is 62.8 Å². The molecule has 1 fully saturated rings. The van der Waals surface area contributed by atoms with Crippen LogP contribution in [-0.2, 0) is 20.8 Å². The van der Waals surface area contributed by atoms with Gasteiger partial charge in [0, 0.05) is 19.4 Å². The minimum Gasteiger partial charge on any atom is -0.497 e. The van der Waals surface area contributed by atoms with Crippen molar-refractivity contribution in [3.8, 4) is 5.75 Å². The third-order valence-electron chi connectivity index (χ3n) is 7.50. The maximum absolute atomic E-state index is 13.1. The molecule has 2 aromatic rings. The number of carboxylic acid groups (broad SMARTS) is 1. The first-order chi connectivity index (χ1) is 18.9. The van der Waals surface area contributed by atoms with Crippen LogP contribution in [0.1, 0.15) is 61.8 Å². The smallest absolute Gasteiger partial charge is 0.326 e. The van der Waals surface area contributed by atoms with Gasteiger partial charge in [-0.1, -0.05) is 43.0 Å². The molecule has 0 saturated carbocycles. The average molecular weight is 549 g/mol. The second-order valence-corrected chi connectivity index (χ2v) is 11.1. The van der Waals surface area contributed by atoms with Crippen LogP contribution in [0.25, 0.3) is 0 Å². The number of hydrogen-bond acceptors (Lipinski definition) is 7. The van der Waals surface area contributed by atoms with Gasteiger partial charge in [0.15, 0.2) is 5.17 Å². The normalized spacial score (nSPS) is 23.0. The van der Waals surface area contributed by atoms with Gasteiger partial charge in [0.2, 0.25) is 5.91 Å². The van der Waals surface area contributed by atoms with Crippen molar-refractivity contribution in [2.75, 3.05) is 13.7 Å². The quantitative estimate of drug-likeness (QED) is 0.550. The summed E-state index contributed by atoms with van der Waals surface area (Å²) >= 11 is 1.23. The Labute approximate surface area is 231 Å². The molecule has 1 saturated heterocycles. The van der Waals surface area contributed by atoms with Crippen LogP contribution in [0, 0.1) is 0 Å². The Morgan fingerprint density at radius 1 is 1.10 bits per heavy atom. The molecule has 1 N–H and O–H groups in total. The Balaban J connectivity index is 1.37.